The third kappa shape index (κ3) is 2.51. The second-order valence-electron chi connectivity index (χ2n) is 3.62. The van der Waals surface area contributed by atoms with Gasteiger partial charge < -0.3 is 5.73 Å². The van der Waals surface area contributed by atoms with E-state index in [0.29, 0.717) is 18.0 Å². The van der Waals surface area contributed by atoms with Gasteiger partial charge in [-0.05, 0) is 25.1 Å². The molecule has 1 heterocycles. The molecular weight excluding hydrogens is 263 g/mol. The van der Waals surface area contributed by atoms with Gasteiger partial charge in [-0.1, -0.05) is 11.3 Å². The van der Waals surface area contributed by atoms with Crippen molar-refractivity contribution in [3.8, 4) is 10.6 Å². The largest absolute Gasteiger partial charge is 0.330 e. The molecular formula is C11H10F3N3S. The lowest BCUT2D eigenvalue weighted by atomic mass is 10.2. The number of halogens is 3. The average Bonchev–Trinajstić information content (AvgIpc) is 2.82. The quantitative estimate of drug-likeness (QED) is 0.871. The first kappa shape index (κ1) is 13.0. The van der Waals surface area contributed by atoms with Crippen LogP contribution in [-0.4, -0.2) is 16.7 Å². The SMILES string of the molecule is NCCCc1nnc(-c2ccc(F)c(F)c2F)s1. The zero-order chi connectivity index (χ0) is 13.1. The number of rotatable bonds is 4. The smallest absolute Gasteiger partial charge is 0.195 e. The van der Waals surface area contributed by atoms with Gasteiger partial charge in [0.05, 0.1) is 5.56 Å². The van der Waals surface area contributed by atoms with Crippen LogP contribution in [0.3, 0.4) is 0 Å². The predicted octanol–water partition coefficient (Wildman–Crippen LogP) is 2.51. The van der Waals surface area contributed by atoms with E-state index in [-0.39, 0.29) is 10.6 Å². The Bertz CT molecular complexity index is 556. The number of nitrogens with two attached hydrogens (primary N) is 1. The van der Waals surface area contributed by atoms with Gasteiger partial charge in [0.2, 0.25) is 0 Å². The van der Waals surface area contributed by atoms with E-state index in [1.807, 2.05) is 0 Å². The van der Waals surface area contributed by atoms with Crippen molar-refractivity contribution in [1.82, 2.24) is 10.2 Å². The minimum atomic E-state index is -1.49. The molecule has 0 bridgehead atoms. The normalized spacial score (nSPS) is 10.9. The molecule has 1 aromatic carbocycles. The van der Waals surface area contributed by atoms with E-state index in [1.165, 1.54) is 0 Å². The maximum Gasteiger partial charge on any atom is 0.195 e. The van der Waals surface area contributed by atoms with E-state index in [4.69, 9.17) is 5.73 Å². The Morgan fingerprint density at radius 3 is 2.61 bits per heavy atom. The Labute approximate surface area is 105 Å². The lowest BCUT2D eigenvalue weighted by molar-refractivity contribution is 0.449. The lowest BCUT2D eigenvalue weighted by Gasteiger charge is -1.99. The van der Waals surface area contributed by atoms with Gasteiger partial charge >= 0.3 is 0 Å². The fourth-order valence-electron chi connectivity index (χ4n) is 1.41. The Balaban J connectivity index is 2.31. The van der Waals surface area contributed by atoms with Gasteiger partial charge in [0, 0.05) is 6.42 Å². The van der Waals surface area contributed by atoms with Crippen molar-refractivity contribution < 1.29 is 13.2 Å². The number of aromatic nitrogens is 2. The molecule has 18 heavy (non-hydrogen) atoms. The fourth-order valence-corrected chi connectivity index (χ4v) is 2.31. The highest BCUT2D eigenvalue weighted by Gasteiger charge is 2.17. The van der Waals surface area contributed by atoms with E-state index >= 15 is 0 Å². The summed E-state index contributed by atoms with van der Waals surface area (Å²) in [7, 11) is 0. The topological polar surface area (TPSA) is 51.8 Å². The predicted molar refractivity (Wildman–Crippen MR) is 62.6 cm³/mol. The second-order valence-corrected chi connectivity index (χ2v) is 4.68. The van der Waals surface area contributed by atoms with Gasteiger partial charge in [-0.15, -0.1) is 10.2 Å². The minimum Gasteiger partial charge on any atom is -0.330 e. The van der Waals surface area contributed by atoms with Crippen molar-refractivity contribution in [2.75, 3.05) is 6.54 Å². The summed E-state index contributed by atoms with van der Waals surface area (Å²) in [5.41, 5.74) is 5.28. The molecule has 1 aromatic heterocycles. The third-order valence-electron chi connectivity index (χ3n) is 2.33. The van der Waals surface area contributed by atoms with E-state index < -0.39 is 17.5 Å². The first-order chi connectivity index (χ1) is 8.63. The third-order valence-corrected chi connectivity index (χ3v) is 3.34. The van der Waals surface area contributed by atoms with Crippen molar-refractivity contribution in [2.45, 2.75) is 12.8 Å². The summed E-state index contributed by atoms with van der Waals surface area (Å²) in [6.07, 6.45) is 1.38. The Hall–Kier alpha value is -1.47. The molecule has 0 aliphatic carbocycles. The molecule has 0 radical (unpaired) electrons. The van der Waals surface area contributed by atoms with Crippen molar-refractivity contribution >= 4 is 11.3 Å². The van der Waals surface area contributed by atoms with Crippen LogP contribution in [0.4, 0.5) is 13.2 Å². The minimum absolute atomic E-state index is 0.0783. The fraction of sp³-hybridized carbons (Fsp3) is 0.273. The number of nitrogens with zero attached hydrogens (tertiary/aromatic N) is 2. The van der Waals surface area contributed by atoms with Crippen LogP contribution in [0.2, 0.25) is 0 Å². The maximum absolute atomic E-state index is 13.5. The van der Waals surface area contributed by atoms with E-state index in [2.05, 4.69) is 10.2 Å². The second kappa shape index (κ2) is 5.45. The summed E-state index contributed by atoms with van der Waals surface area (Å²) >= 11 is 1.15. The van der Waals surface area contributed by atoms with Crippen molar-refractivity contribution in [1.29, 1.82) is 0 Å². The van der Waals surface area contributed by atoms with Crippen LogP contribution in [0.15, 0.2) is 12.1 Å². The number of aryl methyl sites for hydroxylation is 1. The number of benzene rings is 1. The summed E-state index contributed by atoms with van der Waals surface area (Å²) in [6.45, 7) is 0.522. The van der Waals surface area contributed by atoms with Gasteiger partial charge in [0.25, 0.3) is 0 Å². The summed E-state index contributed by atoms with van der Waals surface area (Å²) in [4.78, 5) is 0. The average molecular weight is 273 g/mol. The molecule has 0 unspecified atom stereocenters. The van der Waals surface area contributed by atoms with Gasteiger partial charge in [-0.25, -0.2) is 13.2 Å². The zero-order valence-electron chi connectivity index (χ0n) is 9.29. The van der Waals surface area contributed by atoms with E-state index in [1.54, 1.807) is 0 Å². The van der Waals surface area contributed by atoms with Crippen molar-refractivity contribution in [3.05, 3.63) is 34.6 Å². The van der Waals surface area contributed by atoms with Crippen LogP contribution >= 0.6 is 11.3 Å². The Morgan fingerprint density at radius 1 is 1.11 bits per heavy atom. The summed E-state index contributed by atoms with van der Waals surface area (Å²) in [5, 5.41) is 8.55. The van der Waals surface area contributed by atoms with Crippen LogP contribution in [0, 0.1) is 17.5 Å². The maximum atomic E-state index is 13.5. The van der Waals surface area contributed by atoms with Crippen LogP contribution < -0.4 is 5.73 Å². The van der Waals surface area contributed by atoms with Gasteiger partial charge in [0.15, 0.2) is 22.5 Å². The molecule has 0 aliphatic rings. The summed E-state index contributed by atoms with van der Waals surface area (Å²) < 4.78 is 39.4. The first-order valence-electron chi connectivity index (χ1n) is 5.29. The Morgan fingerprint density at radius 2 is 1.89 bits per heavy atom. The number of hydrogen-bond donors (Lipinski definition) is 1. The molecule has 3 nitrogen and oxygen atoms in total. The van der Waals surface area contributed by atoms with Crippen LogP contribution in [0.25, 0.3) is 10.6 Å². The van der Waals surface area contributed by atoms with Crippen molar-refractivity contribution in [3.63, 3.8) is 0 Å². The molecule has 2 rings (SSSR count). The molecule has 0 spiro atoms. The highest BCUT2D eigenvalue weighted by Crippen LogP contribution is 2.28. The Kier molecular flexibility index (Phi) is 3.93. The first-order valence-corrected chi connectivity index (χ1v) is 6.11. The van der Waals surface area contributed by atoms with Crippen LogP contribution in [0.1, 0.15) is 11.4 Å². The monoisotopic (exact) mass is 273 g/mol. The van der Waals surface area contributed by atoms with Crippen LogP contribution in [0.5, 0.6) is 0 Å². The van der Waals surface area contributed by atoms with E-state index in [9.17, 15) is 13.2 Å². The van der Waals surface area contributed by atoms with Gasteiger partial charge in [-0.3, -0.25) is 0 Å². The highest BCUT2D eigenvalue weighted by molar-refractivity contribution is 7.14. The van der Waals surface area contributed by atoms with Gasteiger partial charge in [0.1, 0.15) is 5.01 Å². The molecule has 0 aliphatic heterocycles. The molecule has 2 aromatic rings. The van der Waals surface area contributed by atoms with E-state index in [0.717, 1.165) is 29.9 Å². The molecule has 0 fully saturated rings. The molecule has 0 amide bonds. The molecule has 0 saturated carbocycles. The summed E-state index contributed by atoms with van der Waals surface area (Å²) in [6, 6.07) is 2.02. The number of hydrogen-bond acceptors (Lipinski definition) is 4. The highest BCUT2D eigenvalue weighted by atomic mass is 32.1. The van der Waals surface area contributed by atoms with Crippen molar-refractivity contribution in [2.24, 2.45) is 5.73 Å². The zero-order valence-corrected chi connectivity index (χ0v) is 10.1. The summed E-state index contributed by atoms with van der Waals surface area (Å²) in [5.74, 6) is -3.95. The molecule has 7 heteroatoms. The van der Waals surface area contributed by atoms with Crippen LogP contribution in [-0.2, 0) is 6.42 Å². The lowest BCUT2D eigenvalue weighted by Crippen LogP contribution is -1.99. The molecule has 0 saturated heterocycles. The standard InChI is InChI=1S/C11H10F3N3S/c12-7-4-3-6(9(13)10(7)14)11-17-16-8(18-11)2-1-5-15/h3-4H,1-2,5,15H2. The molecule has 96 valence electrons. The van der Waals surface area contributed by atoms with Gasteiger partial charge in [-0.2, -0.15) is 0 Å². The molecule has 0 atom stereocenters. The molecule has 2 N–H and O–H groups in total.